The third kappa shape index (κ3) is 4.76. The number of imidazole rings is 1. The van der Waals surface area contributed by atoms with E-state index in [1.807, 2.05) is 56.7 Å². The minimum absolute atomic E-state index is 0.219. The summed E-state index contributed by atoms with van der Waals surface area (Å²) in [4.78, 5) is 25.5. The first-order valence-corrected chi connectivity index (χ1v) is 9.74. The molecule has 0 aliphatic rings. The zero-order chi connectivity index (χ0) is 21.9. The monoisotopic (exact) mass is 409 g/mol. The van der Waals surface area contributed by atoms with E-state index in [-0.39, 0.29) is 17.7 Å². The Morgan fingerprint density at radius 2 is 1.97 bits per heavy atom. The van der Waals surface area contributed by atoms with Gasteiger partial charge in [0.2, 0.25) is 5.95 Å². The Balaban J connectivity index is 1.96. The van der Waals surface area contributed by atoms with Crippen LogP contribution in [0.4, 0.5) is 11.6 Å². The molecule has 3 rings (SSSR count). The third-order valence-electron chi connectivity index (χ3n) is 4.40. The second kappa shape index (κ2) is 8.52. The summed E-state index contributed by atoms with van der Waals surface area (Å²) in [6, 6.07) is 7.34. The molecule has 0 unspecified atom stereocenters. The van der Waals surface area contributed by atoms with Crippen LogP contribution in [-0.2, 0) is 10.2 Å². The van der Waals surface area contributed by atoms with Crippen LogP contribution in [0.2, 0.25) is 0 Å². The van der Waals surface area contributed by atoms with Crippen LogP contribution in [0.15, 0.2) is 36.8 Å². The molecule has 0 saturated heterocycles. The van der Waals surface area contributed by atoms with Crippen LogP contribution >= 0.6 is 0 Å². The molecule has 2 heterocycles. The Morgan fingerprint density at radius 1 is 1.20 bits per heavy atom. The number of aryl methyl sites for hydroxylation is 1. The molecule has 8 heteroatoms. The maximum Gasteiger partial charge on any atom is 0.357 e. The molecule has 30 heavy (non-hydrogen) atoms. The van der Waals surface area contributed by atoms with Gasteiger partial charge in [-0.1, -0.05) is 20.8 Å². The van der Waals surface area contributed by atoms with Crippen LogP contribution < -0.4 is 10.1 Å². The summed E-state index contributed by atoms with van der Waals surface area (Å²) in [5, 5.41) is 3.18. The summed E-state index contributed by atoms with van der Waals surface area (Å²) in [5.41, 5.74) is 3.20. The lowest BCUT2D eigenvalue weighted by molar-refractivity contribution is 0.0519. The molecule has 0 radical (unpaired) electrons. The highest BCUT2D eigenvalue weighted by Gasteiger charge is 2.21. The van der Waals surface area contributed by atoms with Crippen LogP contribution in [0.3, 0.4) is 0 Å². The predicted octanol–water partition coefficient (Wildman–Crippen LogP) is 4.20. The number of nitrogens with zero attached hydrogens (tertiary/aromatic N) is 4. The zero-order valence-electron chi connectivity index (χ0n) is 18.2. The van der Waals surface area contributed by atoms with Crippen LogP contribution in [0, 0.1) is 6.92 Å². The Kier molecular flexibility index (Phi) is 6.05. The van der Waals surface area contributed by atoms with Crippen molar-refractivity contribution >= 4 is 17.6 Å². The van der Waals surface area contributed by atoms with Gasteiger partial charge in [-0.3, -0.25) is 0 Å². The number of hydrogen-bond donors (Lipinski definition) is 1. The minimum atomic E-state index is -0.475. The molecule has 0 aliphatic carbocycles. The van der Waals surface area contributed by atoms with Crippen molar-refractivity contribution in [3.63, 3.8) is 0 Å². The lowest BCUT2D eigenvalue weighted by atomic mass is 9.91. The first-order chi connectivity index (χ1) is 14.2. The van der Waals surface area contributed by atoms with E-state index in [1.165, 1.54) is 0 Å². The summed E-state index contributed by atoms with van der Waals surface area (Å²) < 4.78 is 12.6. The van der Waals surface area contributed by atoms with Gasteiger partial charge in [0.15, 0.2) is 5.69 Å². The number of hydrogen-bond acceptors (Lipinski definition) is 7. The highest BCUT2D eigenvalue weighted by molar-refractivity contribution is 5.87. The number of carbonyl (C=O) groups excluding carboxylic acids is 1. The maximum atomic E-state index is 12.3. The largest absolute Gasteiger partial charge is 0.494 e. The first kappa shape index (κ1) is 21.3. The van der Waals surface area contributed by atoms with E-state index in [4.69, 9.17) is 9.47 Å². The molecule has 0 atom stereocenters. The number of carbonyl (C=O) groups is 1. The van der Waals surface area contributed by atoms with Crippen molar-refractivity contribution in [2.24, 2.45) is 0 Å². The topological polar surface area (TPSA) is 91.2 Å². The van der Waals surface area contributed by atoms with Crippen LogP contribution in [-0.4, -0.2) is 39.2 Å². The van der Waals surface area contributed by atoms with Crippen molar-refractivity contribution in [2.45, 2.75) is 40.0 Å². The van der Waals surface area contributed by atoms with Crippen molar-refractivity contribution in [3.05, 3.63) is 53.9 Å². The number of esters is 1. The van der Waals surface area contributed by atoms with Gasteiger partial charge >= 0.3 is 5.97 Å². The number of aromatic nitrogens is 4. The van der Waals surface area contributed by atoms with E-state index in [0.717, 1.165) is 22.8 Å². The summed E-state index contributed by atoms with van der Waals surface area (Å²) in [7, 11) is 1.61. The molecule has 0 amide bonds. The number of ether oxygens (including phenoxy) is 2. The molecule has 8 nitrogen and oxygen atoms in total. The molecule has 0 fully saturated rings. The molecule has 0 saturated carbocycles. The standard InChI is InChI=1S/C22H27N5O3/c1-7-30-20(28)16-11-19(22(3,4)5)26-21(25-16)24-15-8-9-17(18(10-15)29-6)27-12-14(2)23-13-27/h8-13H,7H2,1-6H3,(H,24,25,26). The SMILES string of the molecule is CCOC(=O)c1cc(C(C)(C)C)nc(Nc2ccc(-n3cnc(C)c3)c(OC)c2)n1. The number of benzene rings is 1. The number of nitrogens with one attached hydrogen (secondary N) is 1. The van der Waals surface area contributed by atoms with Gasteiger partial charge in [0, 0.05) is 23.4 Å². The zero-order valence-corrected chi connectivity index (χ0v) is 18.2. The van der Waals surface area contributed by atoms with Gasteiger partial charge < -0.3 is 19.4 Å². The Labute approximate surface area is 176 Å². The molecule has 0 bridgehead atoms. The molecule has 1 N–H and O–H groups in total. The van der Waals surface area contributed by atoms with Crippen LogP contribution in [0.25, 0.3) is 5.69 Å². The predicted molar refractivity (Wildman–Crippen MR) is 115 cm³/mol. The highest BCUT2D eigenvalue weighted by atomic mass is 16.5. The van der Waals surface area contributed by atoms with Gasteiger partial charge in [-0.25, -0.2) is 19.7 Å². The van der Waals surface area contributed by atoms with Gasteiger partial charge in [0.05, 0.1) is 37.1 Å². The normalized spacial score (nSPS) is 11.3. The molecule has 3 aromatic rings. The third-order valence-corrected chi connectivity index (χ3v) is 4.40. The van der Waals surface area contributed by atoms with E-state index in [1.54, 1.807) is 26.4 Å². The van der Waals surface area contributed by atoms with Crippen molar-refractivity contribution in [2.75, 3.05) is 19.0 Å². The second-order valence-electron chi connectivity index (χ2n) is 7.87. The molecular formula is C22H27N5O3. The summed E-state index contributed by atoms with van der Waals surface area (Å²) in [6.45, 7) is 10.1. The summed E-state index contributed by atoms with van der Waals surface area (Å²) in [6.07, 6.45) is 3.66. The van der Waals surface area contributed by atoms with E-state index in [9.17, 15) is 4.79 Å². The fourth-order valence-corrected chi connectivity index (χ4v) is 2.85. The number of anilines is 2. The maximum absolute atomic E-state index is 12.3. The van der Waals surface area contributed by atoms with Crippen molar-refractivity contribution in [1.29, 1.82) is 0 Å². The van der Waals surface area contributed by atoms with E-state index in [2.05, 4.69) is 20.3 Å². The molecular weight excluding hydrogens is 382 g/mol. The molecule has 1 aromatic carbocycles. The smallest absolute Gasteiger partial charge is 0.357 e. The quantitative estimate of drug-likeness (QED) is 0.610. The molecule has 0 aliphatic heterocycles. The highest BCUT2D eigenvalue weighted by Crippen LogP contribution is 2.29. The summed E-state index contributed by atoms with van der Waals surface area (Å²) >= 11 is 0. The lowest BCUT2D eigenvalue weighted by Gasteiger charge is -2.19. The number of rotatable bonds is 6. The van der Waals surface area contributed by atoms with Gasteiger partial charge in [0.25, 0.3) is 0 Å². The van der Waals surface area contributed by atoms with Crippen LogP contribution in [0.5, 0.6) is 5.75 Å². The fraction of sp³-hybridized carbons (Fsp3) is 0.364. The Hall–Kier alpha value is -3.42. The van der Waals surface area contributed by atoms with Crippen molar-refractivity contribution in [1.82, 2.24) is 19.5 Å². The Morgan fingerprint density at radius 3 is 2.57 bits per heavy atom. The molecule has 158 valence electrons. The Bertz CT molecular complexity index is 1050. The molecule has 0 spiro atoms. The first-order valence-electron chi connectivity index (χ1n) is 9.74. The fourth-order valence-electron chi connectivity index (χ4n) is 2.85. The average Bonchev–Trinajstić information content (AvgIpc) is 3.13. The van der Waals surface area contributed by atoms with E-state index in [0.29, 0.717) is 11.7 Å². The van der Waals surface area contributed by atoms with Gasteiger partial charge in [-0.05, 0) is 32.0 Å². The average molecular weight is 409 g/mol. The van der Waals surface area contributed by atoms with Gasteiger partial charge in [-0.2, -0.15) is 0 Å². The van der Waals surface area contributed by atoms with Crippen molar-refractivity contribution < 1.29 is 14.3 Å². The van der Waals surface area contributed by atoms with E-state index >= 15 is 0 Å². The van der Waals surface area contributed by atoms with Crippen LogP contribution in [0.1, 0.15) is 49.6 Å². The minimum Gasteiger partial charge on any atom is -0.494 e. The number of methoxy groups -OCH3 is 1. The van der Waals surface area contributed by atoms with Gasteiger partial charge in [-0.15, -0.1) is 0 Å². The summed E-state index contributed by atoms with van der Waals surface area (Å²) in [5.74, 6) is 0.505. The van der Waals surface area contributed by atoms with E-state index < -0.39 is 5.97 Å². The molecule has 2 aromatic heterocycles. The lowest BCUT2D eigenvalue weighted by Crippen LogP contribution is -2.18. The van der Waals surface area contributed by atoms with Crippen molar-refractivity contribution in [3.8, 4) is 11.4 Å². The van der Waals surface area contributed by atoms with Gasteiger partial charge in [0.1, 0.15) is 5.75 Å². The second-order valence-corrected chi connectivity index (χ2v) is 7.87.